The second-order valence-electron chi connectivity index (χ2n) is 9.07. The van der Waals surface area contributed by atoms with E-state index >= 15 is 0 Å². The van der Waals surface area contributed by atoms with E-state index in [-0.39, 0.29) is 5.91 Å². The third-order valence-corrected chi connectivity index (χ3v) is 6.83. The van der Waals surface area contributed by atoms with Gasteiger partial charge in [0.1, 0.15) is 0 Å². The highest BCUT2D eigenvalue weighted by Crippen LogP contribution is 2.20. The summed E-state index contributed by atoms with van der Waals surface area (Å²) in [5.41, 5.74) is 2.66. The number of fused-ring (bicyclic) bond motifs is 1. The zero-order valence-electron chi connectivity index (χ0n) is 19.4. The van der Waals surface area contributed by atoms with E-state index in [9.17, 15) is 4.79 Å². The van der Waals surface area contributed by atoms with Gasteiger partial charge in [0.15, 0.2) is 5.96 Å². The molecule has 1 N–H and O–H groups in total. The molecule has 7 heteroatoms. The van der Waals surface area contributed by atoms with Crippen molar-refractivity contribution in [2.45, 2.75) is 63.7 Å². The number of aliphatic imine (C=N–C) groups is 1. The molecule has 1 amide bonds. The second-order valence-corrected chi connectivity index (χ2v) is 9.07. The number of hydrogen-bond donors (Lipinski definition) is 1. The Morgan fingerprint density at radius 2 is 1.97 bits per heavy atom. The fourth-order valence-electron chi connectivity index (χ4n) is 4.89. The first kappa shape index (κ1) is 23.1. The van der Waals surface area contributed by atoms with Crippen LogP contribution in [0, 0.1) is 0 Å². The highest BCUT2D eigenvalue weighted by molar-refractivity contribution is 5.80. The maximum Gasteiger partial charge on any atom is 0.222 e. The molecule has 3 heterocycles. The molecule has 176 valence electrons. The molecule has 1 aromatic rings. The van der Waals surface area contributed by atoms with E-state index in [0.717, 1.165) is 90.4 Å². The van der Waals surface area contributed by atoms with Gasteiger partial charge in [0, 0.05) is 52.8 Å². The minimum Gasteiger partial charge on any atom is -0.376 e. The number of benzene rings is 1. The van der Waals surface area contributed by atoms with E-state index in [1.807, 2.05) is 11.9 Å². The molecule has 1 unspecified atom stereocenters. The van der Waals surface area contributed by atoms with Gasteiger partial charge < -0.3 is 24.6 Å². The molecule has 0 aliphatic carbocycles. The Bertz CT molecular complexity index is 770. The monoisotopic (exact) mass is 442 g/mol. The number of guanidine groups is 1. The Kier molecular flexibility index (Phi) is 8.40. The maximum absolute atomic E-state index is 12.7. The SMILES string of the molecule is CN=C(NCCCC(=O)N1CCc2ccccc2C1)N1CCC(OCC2CCCO2)CC1. The van der Waals surface area contributed by atoms with Gasteiger partial charge in [-0.25, -0.2) is 0 Å². The van der Waals surface area contributed by atoms with E-state index < -0.39 is 0 Å². The van der Waals surface area contributed by atoms with Gasteiger partial charge in [-0.05, 0) is 49.7 Å². The average Bonchev–Trinajstić information content (AvgIpc) is 3.36. The highest BCUT2D eigenvalue weighted by atomic mass is 16.5. The Balaban J connectivity index is 1.11. The molecule has 3 aliphatic rings. The van der Waals surface area contributed by atoms with Crippen LogP contribution in [0.1, 0.15) is 49.7 Å². The molecule has 0 saturated carbocycles. The van der Waals surface area contributed by atoms with Crippen molar-refractivity contribution in [3.8, 4) is 0 Å². The Morgan fingerprint density at radius 3 is 2.72 bits per heavy atom. The van der Waals surface area contributed by atoms with E-state index in [2.05, 4.69) is 39.5 Å². The molecule has 32 heavy (non-hydrogen) atoms. The molecule has 3 aliphatic heterocycles. The van der Waals surface area contributed by atoms with Crippen LogP contribution in [-0.2, 0) is 27.2 Å². The Labute approximate surface area is 192 Å². The van der Waals surface area contributed by atoms with Crippen LogP contribution in [0.4, 0.5) is 0 Å². The molecule has 2 fully saturated rings. The van der Waals surface area contributed by atoms with Crippen molar-refractivity contribution in [3.05, 3.63) is 35.4 Å². The molecule has 0 bridgehead atoms. The fourth-order valence-corrected chi connectivity index (χ4v) is 4.89. The molecular formula is C25H38N4O3. The Hall–Kier alpha value is -2.12. The molecule has 0 spiro atoms. The van der Waals surface area contributed by atoms with Crippen LogP contribution in [0.3, 0.4) is 0 Å². The van der Waals surface area contributed by atoms with Crippen molar-refractivity contribution in [2.24, 2.45) is 4.99 Å². The molecule has 7 nitrogen and oxygen atoms in total. The van der Waals surface area contributed by atoms with Crippen molar-refractivity contribution in [3.63, 3.8) is 0 Å². The summed E-state index contributed by atoms with van der Waals surface area (Å²) in [4.78, 5) is 21.4. The van der Waals surface area contributed by atoms with Crippen LogP contribution in [0.5, 0.6) is 0 Å². The first-order valence-corrected chi connectivity index (χ1v) is 12.3. The van der Waals surface area contributed by atoms with Crippen LogP contribution in [-0.4, -0.2) is 80.3 Å². The summed E-state index contributed by atoms with van der Waals surface area (Å²) in [5.74, 6) is 1.18. The maximum atomic E-state index is 12.7. The number of carbonyl (C=O) groups is 1. The summed E-state index contributed by atoms with van der Waals surface area (Å²) >= 11 is 0. The van der Waals surface area contributed by atoms with Crippen LogP contribution < -0.4 is 5.32 Å². The lowest BCUT2D eigenvalue weighted by atomic mass is 9.99. The van der Waals surface area contributed by atoms with Gasteiger partial charge in [0.25, 0.3) is 0 Å². The average molecular weight is 443 g/mol. The van der Waals surface area contributed by atoms with E-state index in [1.54, 1.807) is 0 Å². The minimum atomic E-state index is 0.250. The first-order chi connectivity index (χ1) is 15.7. The topological polar surface area (TPSA) is 66.4 Å². The summed E-state index contributed by atoms with van der Waals surface area (Å²) in [6, 6.07) is 8.44. The molecule has 2 saturated heterocycles. The predicted octanol–water partition coefficient (Wildman–Crippen LogP) is 2.59. The second kappa shape index (κ2) is 11.7. The van der Waals surface area contributed by atoms with Gasteiger partial charge in [-0.2, -0.15) is 0 Å². The number of hydrogen-bond acceptors (Lipinski definition) is 4. The first-order valence-electron chi connectivity index (χ1n) is 12.3. The smallest absolute Gasteiger partial charge is 0.222 e. The third kappa shape index (κ3) is 6.23. The number of ether oxygens (including phenoxy) is 2. The van der Waals surface area contributed by atoms with Crippen molar-refractivity contribution in [1.82, 2.24) is 15.1 Å². The number of amides is 1. The van der Waals surface area contributed by atoms with Gasteiger partial charge >= 0.3 is 0 Å². The lowest BCUT2D eigenvalue weighted by Crippen LogP contribution is -2.47. The number of carbonyl (C=O) groups excluding carboxylic acids is 1. The predicted molar refractivity (Wildman–Crippen MR) is 126 cm³/mol. The molecule has 1 atom stereocenters. The lowest BCUT2D eigenvalue weighted by molar-refractivity contribution is -0.132. The van der Waals surface area contributed by atoms with Crippen LogP contribution >= 0.6 is 0 Å². The number of nitrogens with zero attached hydrogens (tertiary/aromatic N) is 3. The van der Waals surface area contributed by atoms with Crippen molar-refractivity contribution < 1.29 is 14.3 Å². The highest BCUT2D eigenvalue weighted by Gasteiger charge is 2.24. The van der Waals surface area contributed by atoms with Crippen molar-refractivity contribution in [1.29, 1.82) is 0 Å². The summed E-state index contributed by atoms with van der Waals surface area (Å²) in [6.07, 6.45) is 7.29. The summed E-state index contributed by atoms with van der Waals surface area (Å²) in [7, 11) is 1.83. The zero-order chi connectivity index (χ0) is 22.2. The van der Waals surface area contributed by atoms with Crippen LogP contribution in [0.15, 0.2) is 29.3 Å². The van der Waals surface area contributed by atoms with Gasteiger partial charge in [0.2, 0.25) is 5.91 Å². The van der Waals surface area contributed by atoms with Crippen molar-refractivity contribution in [2.75, 3.05) is 46.4 Å². The van der Waals surface area contributed by atoms with Gasteiger partial charge in [0.05, 0.1) is 18.8 Å². The van der Waals surface area contributed by atoms with Gasteiger partial charge in [-0.15, -0.1) is 0 Å². The summed E-state index contributed by atoms with van der Waals surface area (Å²) in [5, 5.41) is 3.45. The largest absolute Gasteiger partial charge is 0.376 e. The molecular weight excluding hydrogens is 404 g/mol. The molecule has 1 aromatic carbocycles. The summed E-state index contributed by atoms with van der Waals surface area (Å²) < 4.78 is 11.7. The van der Waals surface area contributed by atoms with Crippen molar-refractivity contribution >= 4 is 11.9 Å². The number of likely N-dealkylation sites (tertiary alicyclic amines) is 1. The number of piperidine rings is 1. The molecule has 0 aromatic heterocycles. The molecule has 0 radical (unpaired) electrons. The third-order valence-electron chi connectivity index (χ3n) is 6.83. The molecule has 4 rings (SSSR count). The van der Waals surface area contributed by atoms with Crippen LogP contribution in [0.25, 0.3) is 0 Å². The van der Waals surface area contributed by atoms with Gasteiger partial charge in [-0.1, -0.05) is 24.3 Å². The summed E-state index contributed by atoms with van der Waals surface area (Å²) in [6.45, 7) is 5.84. The quantitative estimate of drug-likeness (QED) is 0.399. The van der Waals surface area contributed by atoms with E-state index in [1.165, 1.54) is 11.1 Å². The Morgan fingerprint density at radius 1 is 1.16 bits per heavy atom. The number of nitrogens with one attached hydrogen (secondary N) is 1. The lowest BCUT2D eigenvalue weighted by Gasteiger charge is -2.34. The number of rotatable bonds is 7. The van der Waals surface area contributed by atoms with Crippen LogP contribution in [0.2, 0.25) is 0 Å². The fraction of sp³-hybridized carbons (Fsp3) is 0.680. The normalized spacial score (nSPS) is 22.2. The zero-order valence-corrected chi connectivity index (χ0v) is 19.4. The minimum absolute atomic E-state index is 0.250. The van der Waals surface area contributed by atoms with E-state index in [4.69, 9.17) is 9.47 Å². The van der Waals surface area contributed by atoms with E-state index in [0.29, 0.717) is 18.6 Å². The van der Waals surface area contributed by atoms with Gasteiger partial charge in [-0.3, -0.25) is 9.79 Å². The standard InChI is InChI=1S/C25H38N4O3/c1-26-25(28-15-11-22(12-16-28)32-19-23-8-5-17-31-23)27-13-4-9-24(30)29-14-10-20-6-2-3-7-21(20)18-29/h2-3,6-7,22-23H,4-5,8-19H2,1H3,(H,26,27).